The number of aryl methyl sites for hydroxylation is 1. The minimum absolute atomic E-state index is 0.696. The average molecular weight is 337 g/mol. The van der Waals surface area contributed by atoms with Gasteiger partial charge in [-0.25, -0.2) is 0 Å². The zero-order valence-corrected chi connectivity index (χ0v) is 13.0. The summed E-state index contributed by atoms with van der Waals surface area (Å²) >= 11 is 3.43. The molecule has 1 fully saturated rings. The number of aliphatic carboxylic acids is 1. The van der Waals surface area contributed by atoms with Crippen LogP contribution < -0.4 is 0 Å². The molecule has 1 aliphatic carbocycles. The maximum Gasteiger partial charge on any atom is 0.314 e. The molecule has 106 valence electrons. The van der Waals surface area contributed by atoms with Gasteiger partial charge in [-0.2, -0.15) is 5.10 Å². The highest BCUT2D eigenvalue weighted by molar-refractivity contribution is 9.10. The lowest BCUT2D eigenvalue weighted by Gasteiger charge is -2.33. The van der Waals surface area contributed by atoms with E-state index in [2.05, 4.69) is 21.0 Å². The Morgan fingerprint density at radius 3 is 2.70 bits per heavy atom. The molecule has 1 aromatic carbocycles. The molecule has 1 aliphatic rings. The van der Waals surface area contributed by atoms with Gasteiger partial charge in [0.05, 0.1) is 10.9 Å². The van der Waals surface area contributed by atoms with Gasteiger partial charge in [-0.05, 0) is 46.5 Å². The van der Waals surface area contributed by atoms with Gasteiger partial charge in [-0.1, -0.05) is 25.3 Å². The van der Waals surface area contributed by atoms with Crippen molar-refractivity contribution in [2.45, 2.75) is 37.5 Å². The zero-order chi connectivity index (χ0) is 14.3. The molecular weight excluding hydrogens is 320 g/mol. The molecule has 1 aromatic heterocycles. The van der Waals surface area contributed by atoms with Crippen molar-refractivity contribution in [3.8, 4) is 0 Å². The van der Waals surface area contributed by atoms with Crippen LogP contribution >= 0.6 is 15.9 Å². The quantitative estimate of drug-likeness (QED) is 0.911. The van der Waals surface area contributed by atoms with E-state index >= 15 is 0 Å². The van der Waals surface area contributed by atoms with Crippen molar-refractivity contribution in [3.63, 3.8) is 0 Å². The van der Waals surface area contributed by atoms with Gasteiger partial charge < -0.3 is 5.11 Å². The molecule has 3 rings (SSSR count). The van der Waals surface area contributed by atoms with E-state index in [1.165, 1.54) is 0 Å². The highest BCUT2D eigenvalue weighted by Gasteiger charge is 2.41. The molecule has 2 aromatic rings. The second-order valence-electron chi connectivity index (χ2n) is 5.59. The van der Waals surface area contributed by atoms with E-state index < -0.39 is 11.4 Å². The summed E-state index contributed by atoms with van der Waals surface area (Å²) in [7, 11) is 1.88. The van der Waals surface area contributed by atoms with Crippen LogP contribution in [0.2, 0.25) is 0 Å². The Hall–Kier alpha value is -1.36. The van der Waals surface area contributed by atoms with Gasteiger partial charge in [0.25, 0.3) is 0 Å². The van der Waals surface area contributed by atoms with Gasteiger partial charge in [0.2, 0.25) is 0 Å². The lowest BCUT2D eigenvalue weighted by molar-refractivity contribution is -0.145. The van der Waals surface area contributed by atoms with Crippen molar-refractivity contribution < 1.29 is 9.90 Å². The fraction of sp³-hybridized carbons (Fsp3) is 0.467. The molecule has 0 unspecified atom stereocenters. The second-order valence-corrected chi connectivity index (χ2v) is 6.35. The first-order chi connectivity index (χ1) is 9.54. The number of carbonyl (C=O) groups is 1. The maximum absolute atomic E-state index is 11.9. The summed E-state index contributed by atoms with van der Waals surface area (Å²) in [5.41, 5.74) is 1.16. The monoisotopic (exact) mass is 336 g/mol. The maximum atomic E-state index is 11.9. The van der Waals surface area contributed by atoms with Crippen LogP contribution in [-0.2, 0) is 17.3 Å². The molecular formula is C15H17BrN2O2. The first-order valence-corrected chi connectivity index (χ1v) is 7.70. The van der Waals surface area contributed by atoms with E-state index in [0.717, 1.165) is 53.2 Å². The summed E-state index contributed by atoms with van der Waals surface area (Å²) in [4.78, 5) is 11.9. The lowest BCUT2D eigenvalue weighted by atomic mass is 9.69. The Balaban J connectivity index is 2.16. The molecule has 4 nitrogen and oxygen atoms in total. The summed E-state index contributed by atoms with van der Waals surface area (Å²) in [6.45, 7) is 0. The predicted octanol–water partition coefficient (Wildman–Crippen LogP) is 3.62. The number of nitrogens with zero attached hydrogens (tertiary/aromatic N) is 2. The van der Waals surface area contributed by atoms with Crippen LogP contribution in [-0.4, -0.2) is 20.9 Å². The molecule has 1 saturated carbocycles. The molecule has 0 radical (unpaired) electrons. The van der Waals surface area contributed by atoms with Crippen LogP contribution in [0.25, 0.3) is 10.9 Å². The number of carboxylic acids is 1. The predicted molar refractivity (Wildman–Crippen MR) is 80.8 cm³/mol. The van der Waals surface area contributed by atoms with Crippen molar-refractivity contribution in [2.75, 3.05) is 0 Å². The summed E-state index contributed by atoms with van der Waals surface area (Å²) in [6.07, 6.45) is 4.56. The molecule has 1 heterocycles. The molecule has 0 bridgehead atoms. The van der Waals surface area contributed by atoms with Crippen LogP contribution in [0, 0.1) is 0 Å². The Morgan fingerprint density at radius 2 is 2.05 bits per heavy atom. The zero-order valence-electron chi connectivity index (χ0n) is 11.4. The van der Waals surface area contributed by atoms with E-state index in [4.69, 9.17) is 0 Å². The third-order valence-electron chi connectivity index (χ3n) is 4.48. The topological polar surface area (TPSA) is 55.1 Å². The van der Waals surface area contributed by atoms with Gasteiger partial charge in [0.15, 0.2) is 0 Å². The summed E-state index contributed by atoms with van der Waals surface area (Å²) in [6, 6.07) is 5.92. The van der Waals surface area contributed by atoms with E-state index in [1.54, 1.807) is 4.68 Å². The summed E-state index contributed by atoms with van der Waals surface area (Å²) in [5.74, 6) is -0.696. The van der Waals surface area contributed by atoms with E-state index in [1.807, 2.05) is 25.2 Å². The van der Waals surface area contributed by atoms with Gasteiger partial charge in [0, 0.05) is 12.4 Å². The molecule has 0 saturated heterocycles. The first kappa shape index (κ1) is 13.6. The molecule has 0 spiro atoms. The Kier molecular flexibility index (Phi) is 3.32. The summed E-state index contributed by atoms with van der Waals surface area (Å²) in [5, 5.41) is 15.1. The lowest BCUT2D eigenvalue weighted by Crippen LogP contribution is -2.37. The number of halogens is 1. The third-order valence-corrected chi connectivity index (χ3v) is 5.06. The van der Waals surface area contributed by atoms with Gasteiger partial charge in [-0.3, -0.25) is 9.48 Å². The second kappa shape index (κ2) is 4.88. The first-order valence-electron chi connectivity index (χ1n) is 6.91. The number of hydrogen-bond acceptors (Lipinski definition) is 2. The minimum Gasteiger partial charge on any atom is -0.481 e. The van der Waals surface area contributed by atoms with Gasteiger partial charge >= 0.3 is 5.97 Å². The number of fused-ring (bicyclic) bond motifs is 1. The van der Waals surface area contributed by atoms with Crippen LogP contribution in [0.5, 0.6) is 0 Å². The van der Waals surface area contributed by atoms with Crippen molar-refractivity contribution in [1.29, 1.82) is 0 Å². The number of carboxylic acid groups (broad SMARTS) is 1. The average Bonchev–Trinajstić information content (AvgIpc) is 2.74. The molecule has 0 aliphatic heterocycles. The summed E-state index contributed by atoms with van der Waals surface area (Å²) < 4.78 is 2.59. The Bertz CT molecular complexity index is 672. The Morgan fingerprint density at radius 1 is 1.35 bits per heavy atom. The van der Waals surface area contributed by atoms with Gasteiger partial charge in [0.1, 0.15) is 4.60 Å². The fourth-order valence-corrected chi connectivity index (χ4v) is 3.87. The smallest absolute Gasteiger partial charge is 0.314 e. The SMILES string of the molecule is Cn1nc(Br)c2ccc(C3(C(=O)O)CCCCC3)cc21. The Labute approximate surface area is 125 Å². The molecule has 0 atom stereocenters. The standard InChI is InChI=1S/C15H17BrN2O2/c1-18-12-9-10(5-6-11(12)13(16)17-18)15(14(19)20)7-3-2-4-8-15/h5-6,9H,2-4,7-8H2,1H3,(H,19,20). The number of aromatic nitrogens is 2. The van der Waals surface area contributed by atoms with Gasteiger partial charge in [-0.15, -0.1) is 0 Å². The molecule has 20 heavy (non-hydrogen) atoms. The van der Waals surface area contributed by atoms with E-state index in [0.29, 0.717) is 0 Å². The largest absolute Gasteiger partial charge is 0.481 e. The molecule has 5 heteroatoms. The highest BCUT2D eigenvalue weighted by Crippen LogP contribution is 2.41. The number of hydrogen-bond donors (Lipinski definition) is 1. The number of benzene rings is 1. The fourth-order valence-electron chi connectivity index (χ4n) is 3.29. The minimum atomic E-state index is -0.719. The van der Waals surface area contributed by atoms with Crippen molar-refractivity contribution in [3.05, 3.63) is 28.4 Å². The number of rotatable bonds is 2. The van der Waals surface area contributed by atoms with Crippen molar-refractivity contribution in [1.82, 2.24) is 9.78 Å². The highest BCUT2D eigenvalue weighted by atomic mass is 79.9. The van der Waals surface area contributed by atoms with E-state index in [9.17, 15) is 9.90 Å². The van der Waals surface area contributed by atoms with Crippen molar-refractivity contribution >= 4 is 32.8 Å². The van der Waals surface area contributed by atoms with Crippen molar-refractivity contribution in [2.24, 2.45) is 7.05 Å². The molecule has 1 N–H and O–H groups in total. The van der Waals surface area contributed by atoms with Crippen LogP contribution in [0.15, 0.2) is 22.8 Å². The van der Waals surface area contributed by atoms with Crippen LogP contribution in [0.1, 0.15) is 37.7 Å². The molecule has 0 amide bonds. The normalized spacial score (nSPS) is 18.3. The van der Waals surface area contributed by atoms with E-state index in [-0.39, 0.29) is 0 Å². The third kappa shape index (κ3) is 1.95. The van der Waals surface area contributed by atoms with Crippen LogP contribution in [0.4, 0.5) is 0 Å². The van der Waals surface area contributed by atoms with Crippen LogP contribution in [0.3, 0.4) is 0 Å².